The van der Waals surface area contributed by atoms with Crippen LogP contribution in [0.15, 0.2) is 18.2 Å². The number of fused-ring (bicyclic) bond motifs is 1. The van der Waals surface area contributed by atoms with Gasteiger partial charge >= 0.3 is 5.97 Å². The summed E-state index contributed by atoms with van der Waals surface area (Å²) in [4.78, 5) is 36.0. The fraction of sp³-hybridized carbons (Fsp3) is 0.500. The van der Waals surface area contributed by atoms with E-state index in [4.69, 9.17) is 11.6 Å². The molecule has 1 aliphatic carbocycles. The maximum Gasteiger partial charge on any atom is 0.311 e. The number of halogens is 2. The Bertz CT molecular complexity index is 745. The van der Waals surface area contributed by atoms with Crippen molar-refractivity contribution in [3.05, 3.63) is 33.3 Å². The number of aliphatic carboxylic acids is 1. The van der Waals surface area contributed by atoms with E-state index in [1.807, 2.05) is 4.90 Å². The molecule has 0 unspecified atom stereocenters. The summed E-state index contributed by atoms with van der Waals surface area (Å²) >= 11 is 5.75. The Morgan fingerprint density at radius 3 is 2.81 bits per heavy atom. The number of carboxylic acids is 1. The predicted octanol–water partition coefficient (Wildman–Crippen LogP) is 2.80. The lowest BCUT2D eigenvalue weighted by molar-refractivity contribution is -0.384. The van der Waals surface area contributed by atoms with Gasteiger partial charge in [-0.25, -0.2) is 0 Å². The zero-order valence-electron chi connectivity index (χ0n) is 13.8. The summed E-state index contributed by atoms with van der Waals surface area (Å²) in [5.41, 5.74) is -0.729. The number of nitro groups is 1. The Labute approximate surface area is 161 Å². The van der Waals surface area contributed by atoms with Gasteiger partial charge in [-0.05, 0) is 30.9 Å². The zero-order chi connectivity index (χ0) is 18.2. The molecule has 2 N–H and O–H groups in total. The number of nitrogens with one attached hydrogen (secondary N) is 1. The first-order valence-electron chi connectivity index (χ1n) is 8.01. The first kappa shape index (κ1) is 20.4. The SMILES string of the molecule is Cl.O=C(CN1C[C@@H]2CCC[C@@]2(C(=O)O)C1)Nc1ccc(Cl)c([N+](=O)[O-])c1. The Hall–Kier alpha value is -1.90. The van der Waals surface area contributed by atoms with E-state index in [0.717, 1.165) is 12.8 Å². The van der Waals surface area contributed by atoms with Gasteiger partial charge in [-0.1, -0.05) is 18.0 Å². The van der Waals surface area contributed by atoms with Gasteiger partial charge in [0.05, 0.1) is 16.9 Å². The van der Waals surface area contributed by atoms with E-state index >= 15 is 0 Å². The molecule has 1 saturated carbocycles. The van der Waals surface area contributed by atoms with Crippen LogP contribution in [0.3, 0.4) is 0 Å². The lowest BCUT2D eigenvalue weighted by Gasteiger charge is -2.23. The lowest BCUT2D eigenvalue weighted by atomic mass is 9.81. The maximum atomic E-state index is 12.2. The van der Waals surface area contributed by atoms with Gasteiger partial charge in [0.25, 0.3) is 5.69 Å². The summed E-state index contributed by atoms with van der Waals surface area (Å²) < 4.78 is 0. The van der Waals surface area contributed by atoms with Gasteiger partial charge in [0.15, 0.2) is 0 Å². The molecule has 2 atom stereocenters. The minimum Gasteiger partial charge on any atom is -0.481 e. The molecule has 1 saturated heterocycles. The van der Waals surface area contributed by atoms with Crippen molar-refractivity contribution in [2.45, 2.75) is 19.3 Å². The summed E-state index contributed by atoms with van der Waals surface area (Å²) in [5, 5.41) is 23.1. The van der Waals surface area contributed by atoms with E-state index in [1.165, 1.54) is 18.2 Å². The fourth-order valence-electron chi connectivity index (χ4n) is 4.00. The number of hydrogen-bond acceptors (Lipinski definition) is 5. The summed E-state index contributed by atoms with van der Waals surface area (Å²) in [5.74, 6) is -1.04. The highest BCUT2D eigenvalue weighted by molar-refractivity contribution is 6.32. The summed E-state index contributed by atoms with van der Waals surface area (Å²) in [6.07, 6.45) is 2.42. The first-order valence-corrected chi connectivity index (χ1v) is 8.39. The van der Waals surface area contributed by atoms with Crippen molar-refractivity contribution in [1.29, 1.82) is 0 Å². The van der Waals surface area contributed by atoms with Crippen LogP contribution in [0.1, 0.15) is 19.3 Å². The van der Waals surface area contributed by atoms with Gasteiger partial charge in [-0.3, -0.25) is 24.6 Å². The zero-order valence-corrected chi connectivity index (χ0v) is 15.4. The molecule has 26 heavy (non-hydrogen) atoms. The second-order valence-electron chi connectivity index (χ2n) is 6.69. The molecule has 8 nitrogen and oxygen atoms in total. The number of likely N-dealkylation sites (tertiary alicyclic amines) is 1. The van der Waals surface area contributed by atoms with Crippen LogP contribution < -0.4 is 5.32 Å². The number of carboxylic acid groups (broad SMARTS) is 1. The van der Waals surface area contributed by atoms with Crippen LogP contribution in [-0.2, 0) is 9.59 Å². The van der Waals surface area contributed by atoms with Crippen LogP contribution in [0.25, 0.3) is 0 Å². The smallest absolute Gasteiger partial charge is 0.311 e. The number of anilines is 1. The van der Waals surface area contributed by atoms with E-state index in [1.54, 1.807) is 0 Å². The fourth-order valence-corrected chi connectivity index (χ4v) is 4.18. The highest BCUT2D eigenvalue weighted by Crippen LogP contribution is 2.48. The van der Waals surface area contributed by atoms with Crippen molar-refractivity contribution in [3.63, 3.8) is 0 Å². The van der Waals surface area contributed by atoms with Crippen molar-refractivity contribution in [1.82, 2.24) is 4.90 Å². The molecule has 0 bridgehead atoms. The lowest BCUT2D eigenvalue weighted by Crippen LogP contribution is -2.37. The van der Waals surface area contributed by atoms with E-state index in [2.05, 4.69) is 5.32 Å². The van der Waals surface area contributed by atoms with E-state index in [-0.39, 0.29) is 47.2 Å². The Kier molecular flexibility index (Phi) is 6.10. The van der Waals surface area contributed by atoms with Crippen molar-refractivity contribution in [2.24, 2.45) is 11.3 Å². The standard InChI is InChI=1S/C16H18ClN3O5.ClH/c17-12-4-3-11(6-13(12)20(24)25)18-14(21)8-19-7-10-2-1-5-16(10,9-19)15(22)23;/h3-4,6,10H,1-2,5,7-9H2,(H,18,21)(H,22,23);1H/t10-,16+;/m0./s1. The monoisotopic (exact) mass is 403 g/mol. The average molecular weight is 404 g/mol. The average Bonchev–Trinajstić information content (AvgIpc) is 3.06. The number of nitrogens with zero attached hydrogens (tertiary/aromatic N) is 2. The molecule has 1 aromatic rings. The third-order valence-corrected chi connectivity index (χ3v) is 5.48. The molecule has 2 fully saturated rings. The molecule has 10 heteroatoms. The largest absolute Gasteiger partial charge is 0.481 e. The summed E-state index contributed by atoms with van der Waals surface area (Å²) in [6.45, 7) is 1.00. The van der Waals surface area contributed by atoms with Gasteiger partial charge in [0.1, 0.15) is 5.02 Å². The maximum absolute atomic E-state index is 12.2. The van der Waals surface area contributed by atoms with Crippen LogP contribution in [0.4, 0.5) is 11.4 Å². The van der Waals surface area contributed by atoms with Crippen molar-refractivity contribution >= 4 is 47.3 Å². The van der Waals surface area contributed by atoms with Gasteiger partial charge in [0.2, 0.25) is 5.91 Å². The number of rotatable bonds is 5. The van der Waals surface area contributed by atoms with Gasteiger partial charge in [-0.15, -0.1) is 12.4 Å². The van der Waals surface area contributed by atoms with E-state index in [9.17, 15) is 24.8 Å². The topological polar surface area (TPSA) is 113 Å². The molecule has 1 heterocycles. The molecule has 0 aromatic heterocycles. The predicted molar refractivity (Wildman–Crippen MR) is 97.8 cm³/mol. The summed E-state index contributed by atoms with van der Waals surface area (Å²) in [6, 6.07) is 4.05. The van der Waals surface area contributed by atoms with Crippen LogP contribution in [0, 0.1) is 21.4 Å². The molecule has 1 aliphatic heterocycles. The molecule has 0 spiro atoms. The second-order valence-corrected chi connectivity index (χ2v) is 7.10. The third kappa shape index (κ3) is 3.77. The number of carbonyl (C=O) groups excluding carboxylic acids is 1. The second kappa shape index (κ2) is 7.77. The Balaban J connectivity index is 0.00000243. The molecular weight excluding hydrogens is 385 g/mol. The molecule has 0 radical (unpaired) electrons. The molecule has 142 valence electrons. The van der Waals surface area contributed by atoms with Gasteiger partial charge in [-0.2, -0.15) is 0 Å². The highest BCUT2D eigenvalue weighted by atomic mass is 35.5. The number of benzene rings is 1. The number of hydrogen-bond donors (Lipinski definition) is 2. The number of carbonyl (C=O) groups is 2. The minimum absolute atomic E-state index is 0. The third-order valence-electron chi connectivity index (χ3n) is 5.16. The van der Waals surface area contributed by atoms with Crippen LogP contribution in [0.5, 0.6) is 0 Å². The van der Waals surface area contributed by atoms with Gasteiger partial charge < -0.3 is 10.4 Å². The first-order chi connectivity index (χ1) is 11.8. The summed E-state index contributed by atoms with van der Waals surface area (Å²) in [7, 11) is 0. The van der Waals surface area contributed by atoms with Crippen molar-refractivity contribution in [2.75, 3.05) is 25.0 Å². The number of amides is 1. The van der Waals surface area contributed by atoms with E-state index < -0.39 is 16.3 Å². The van der Waals surface area contributed by atoms with Crippen LogP contribution in [0.2, 0.25) is 5.02 Å². The quantitative estimate of drug-likeness (QED) is 0.577. The normalized spacial score (nSPS) is 24.6. The van der Waals surface area contributed by atoms with Gasteiger partial charge in [0, 0.05) is 24.8 Å². The Morgan fingerprint density at radius 2 is 2.19 bits per heavy atom. The van der Waals surface area contributed by atoms with E-state index in [0.29, 0.717) is 19.5 Å². The molecule has 1 amide bonds. The van der Waals surface area contributed by atoms with Crippen LogP contribution >= 0.6 is 24.0 Å². The highest BCUT2D eigenvalue weighted by Gasteiger charge is 2.54. The molecule has 2 aliphatic rings. The minimum atomic E-state index is -0.786. The van der Waals surface area contributed by atoms with Crippen molar-refractivity contribution < 1.29 is 19.6 Å². The van der Waals surface area contributed by atoms with Crippen molar-refractivity contribution in [3.8, 4) is 0 Å². The molecular formula is C16H19Cl2N3O5. The number of nitro benzene ring substituents is 1. The molecule has 3 rings (SSSR count). The van der Waals surface area contributed by atoms with Crippen LogP contribution in [-0.4, -0.2) is 46.4 Å². The Morgan fingerprint density at radius 1 is 1.46 bits per heavy atom. The molecule has 1 aromatic carbocycles.